The molecule has 1 aromatic rings. The number of amides is 1. The molecule has 0 saturated heterocycles. The smallest absolute Gasteiger partial charge is 0.272 e. The van der Waals surface area contributed by atoms with Crippen LogP contribution in [0.25, 0.3) is 0 Å². The molecule has 0 unspecified atom stereocenters. The molecule has 0 radical (unpaired) electrons. The Morgan fingerprint density at radius 2 is 2.30 bits per heavy atom. The number of nitrogens with zero attached hydrogens (tertiary/aromatic N) is 3. The summed E-state index contributed by atoms with van der Waals surface area (Å²) >= 11 is 5.73. The molecule has 1 heterocycles. The minimum Gasteiger partial charge on any atom is -0.409 e. The Hall–Kier alpha value is -1.86. The highest BCUT2D eigenvalue weighted by atomic mass is 35.5. The molecule has 20 heavy (non-hydrogen) atoms. The van der Waals surface area contributed by atoms with Gasteiger partial charge in [0.05, 0.1) is 11.6 Å². The number of hydrogen-bond donors (Lipinski definition) is 2. The second-order valence-corrected chi connectivity index (χ2v) is 4.42. The molecular weight excluding hydrogens is 284 g/mol. The van der Waals surface area contributed by atoms with E-state index in [1.165, 1.54) is 11.1 Å². The number of carbonyl (C=O) groups is 1. The van der Waals surface area contributed by atoms with Gasteiger partial charge in [-0.1, -0.05) is 16.8 Å². The van der Waals surface area contributed by atoms with Gasteiger partial charge in [0.2, 0.25) is 0 Å². The Labute approximate surface area is 122 Å². The van der Waals surface area contributed by atoms with Gasteiger partial charge in [0.25, 0.3) is 5.91 Å². The van der Waals surface area contributed by atoms with Gasteiger partial charge in [0.15, 0.2) is 0 Å². The van der Waals surface area contributed by atoms with Crippen LogP contribution in [0.2, 0.25) is 5.02 Å². The molecule has 3 N–H and O–H groups in total. The van der Waals surface area contributed by atoms with Gasteiger partial charge in [0.1, 0.15) is 11.5 Å². The third-order valence-corrected chi connectivity index (χ3v) is 2.79. The van der Waals surface area contributed by atoms with E-state index in [1.807, 2.05) is 0 Å². The van der Waals surface area contributed by atoms with Crippen molar-refractivity contribution in [2.75, 3.05) is 26.8 Å². The standard InChI is InChI=1S/C12H17ClN4O3/c1-20-7-6-17(5-4-11(14)16-19)12(18)10-3-2-9(13)8-15-10/h2-3,8,19H,4-7H2,1H3,(H2,14,16). The zero-order valence-corrected chi connectivity index (χ0v) is 11.9. The average Bonchev–Trinajstić information content (AvgIpc) is 2.47. The molecule has 0 bridgehead atoms. The second kappa shape index (κ2) is 8.34. The number of halogens is 1. The van der Waals surface area contributed by atoms with Gasteiger partial charge >= 0.3 is 0 Å². The third-order valence-electron chi connectivity index (χ3n) is 2.57. The highest BCUT2D eigenvalue weighted by molar-refractivity contribution is 6.30. The molecule has 7 nitrogen and oxygen atoms in total. The third kappa shape index (κ3) is 5.02. The number of oxime groups is 1. The molecule has 8 heteroatoms. The van der Waals surface area contributed by atoms with Crippen LogP contribution in [0.1, 0.15) is 16.9 Å². The first kappa shape index (κ1) is 16.2. The van der Waals surface area contributed by atoms with Gasteiger partial charge < -0.3 is 20.6 Å². The summed E-state index contributed by atoms with van der Waals surface area (Å²) in [7, 11) is 1.55. The number of hydrogen-bond acceptors (Lipinski definition) is 5. The summed E-state index contributed by atoms with van der Waals surface area (Å²) in [5.41, 5.74) is 5.69. The lowest BCUT2D eigenvalue weighted by atomic mass is 10.3. The fraction of sp³-hybridized carbons (Fsp3) is 0.417. The van der Waals surface area contributed by atoms with E-state index in [0.717, 1.165) is 0 Å². The predicted molar refractivity (Wildman–Crippen MR) is 75.1 cm³/mol. The van der Waals surface area contributed by atoms with Crippen molar-refractivity contribution in [3.05, 3.63) is 29.0 Å². The van der Waals surface area contributed by atoms with Crippen molar-refractivity contribution in [2.24, 2.45) is 10.9 Å². The van der Waals surface area contributed by atoms with E-state index in [2.05, 4.69) is 10.1 Å². The SMILES string of the molecule is COCCN(CCC(N)=NO)C(=O)c1ccc(Cl)cn1. The van der Waals surface area contributed by atoms with Crippen molar-refractivity contribution < 1.29 is 14.7 Å². The molecular formula is C12H17ClN4O3. The van der Waals surface area contributed by atoms with Crippen LogP contribution in [0.4, 0.5) is 0 Å². The van der Waals surface area contributed by atoms with E-state index in [0.29, 0.717) is 24.7 Å². The monoisotopic (exact) mass is 300 g/mol. The van der Waals surface area contributed by atoms with E-state index in [4.69, 9.17) is 27.3 Å². The van der Waals surface area contributed by atoms with Crippen LogP contribution in [-0.2, 0) is 4.74 Å². The molecule has 1 rings (SSSR count). The number of carbonyl (C=O) groups excluding carboxylic acids is 1. The van der Waals surface area contributed by atoms with E-state index >= 15 is 0 Å². The molecule has 1 amide bonds. The summed E-state index contributed by atoms with van der Waals surface area (Å²) in [6, 6.07) is 3.15. The second-order valence-electron chi connectivity index (χ2n) is 3.99. The van der Waals surface area contributed by atoms with Crippen molar-refractivity contribution in [3.8, 4) is 0 Å². The van der Waals surface area contributed by atoms with Crippen LogP contribution in [0.15, 0.2) is 23.5 Å². The number of rotatable bonds is 7. The molecule has 0 atom stereocenters. The van der Waals surface area contributed by atoms with Crippen LogP contribution in [0.3, 0.4) is 0 Å². The predicted octanol–water partition coefficient (Wildman–Crippen LogP) is 0.960. The van der Waals surface area contributed by atoms with E-state index in [1.54, 1.807) is 19.2 Å². The molecule has 0 saturated carbocycles. The number of aromatic nitrogens is 1. The van der Waals surface area contributed by atoms with Gasteiger partial charge in [-0.15, -0.1) is 0 Å². The van der Waals surface area contributed by atoms with Crippen LogP contribution in [-0.4, -0.2) is 53.6 Å². The summed E-state index contributed by atoms with van der Waals surface area (Å²) < 4.78 is 4.96. The lowest BCUT2D eigenvalue weighted by molar-refractivity contribution is 0.0695. The molecule has 0 spiro atoms. The molecule has 0 aromatic carbocycles. The number of nitrogens with two attached hydrogens (primary N) is 1. The number of amidine groups is 1. The quantitative estimate of drug-likeness (QED) is 0.338. The van der Waals surface area contributed by atoms with Gasteiger partial charge in [0, 0.05) is 32.8 Å². The van der Waals surface area contributed by atoms with Crippen LogP contribution >= 0.6 is 11.6 Å². The maximum absolute atomic E-state index is 12.3. The first-order chi connectivity index (χ1) is 9.58. The lowest BCUT2D eigenvalue weighted by Gasteiger charge is -2.21. The first-order valence-corrected chi connectivity index (χ1v) is 6.32. The summed E-state index contributed by atoms with van der Waals surface area (Å²) in [5, 5.41) is 11.9. The van der Waals surface area contributed by atoms with Gasteiger partial charge in [-0.25, -0.2) is 4.98 Å². The first-order valence-electron chi connectivity index (χ1n) is 5.94. The normalized spacial score (nSPS) is 11.4. The summed E-state index contributed by atoms with van der Waals surface area (Å²) in [6.07, 6.45) is 1.67. The van der Waals surface area contributed by atoms with Crippen molar-refractivity contribution in [1.29, 1.82) is 0 Å². The summed E-state index contributed by atoms with van der Waals surface area (Å²) in [6.45, 7) is 1.08. The Kier molecular flexibility index (Phi) is 6.75. The van der Waals surface area contributed by atoms with E-state index < -0.39 is 0 Å². The maximum Gasteiger partial charge on any atom is 0.272 e. The van der Waals surface area contributed by atoms with Crippen molar-refractivity contribution in [2.45, 2.75) is 6.42 Å². The zero-order valence-electron chi connectivity index (χ0n) is 11.1. The summed E-state index contributed by atoms with van der Waals surface area (Å²) in [5.74, 6) is -0.200. The molecule has 1 aromatic heterocycles. The van der Waals surface area contributed by atoms with Crippen molar-refractivity contribution in [1.82, 2.24) is 9.88 Å². The van der Waals surface area contributed by atoms with Crippen molar-refractivity contribution >= 4 is 23.3 Å². The highest BCUT2D eigenvalue weighted by Crippen LogP contribution is 2.08. The Morgan fingerprint density at radius 3 is 2.85 bits per heavy atom. The largest absolute Gasteiger partial charge is 0.409 e. The minimum atomic E-state index is -0.260. The maximum atomic E-state index is 12.3. The molecule has 110 valence electrons. The Morgan fingerprint density at radius 1 is 1.55 bits per heavy atom. The van der Waals surface area contributed by atoms with Gasteiger partial charge in [-0.05, 0) is 12.1 Å². The fourth-order valence-corrected chi connectivity index (χ4v) is 1.59. The van der Waals surface area contributed by atoms with Crippen LogP contribution in [0.5, 0.6) is 0 Å². The van der Waals surface area contributed by atoms with E-state index in [-0.39, 0.29) is 23.9 Å². The average molecular weight is 301 g/mol. The summed E-state index contributed by atoms with van der Waals surface area (Å²) in [4.78, 5) is 17.8. The van der Waals surface area contributed by atoms with Crippen LogP contribution in [0, 0.1) is 0 Å². The topological polar surface area (TPSA) is 101 Å². The Bertz CT molecular complexity index is 464. The molecule has 0 aliphatic heterocycles. The molecule has 0 aliphatic rings. The minimum absolute atomic E-state index is 0.0595. The molecule has 0 aliphatic carbocycles. The number of methoxy groups -OCH3 is 1. The number of pyridine rings is 1. The highest BCUT2D eigenvalue weighted by Gasteiger charge is 2.17. The van der Waals surface area contributed by atoms with E-state index in [9.17, 15) is 4.79 Å². The Balaban J connectivity index is 2.75. The molecule has 0 fully saturated rings. The number of ether oxygens (including phenoxy) is 1. The van der Waals surface area contributed by atoms with Crippen molar-refractivity contribution in [3.63, 3.8) is 0 Å². The van der Waals surface area contributed by atoms with Gasteiger partial charge in [-0.3, -0.25) is 4.79 Å². The van der Waals surface area contributed by atoms with Gasteiger partial charge in [-0.2, -0.15) is 0 Å². The lowest BCUT2D eigenvalue weighted by Crippen LogP contribution is -2.37. The fourth-order valence-electron chi connectivity index (χ4n) is 1.48. The van der Waals surface area contributed by atoms with Crippen LogP contribution < -0.4 is 5.73 Å². The zero-order chi connectivity index (χ0) is 15.0.